The van der Waals surface area contributed by atoms with Crippen LogP contribution in [-0.2, 0) is 30.5 Å². The number of aromatic nitrogens is 1. The van der Waals surface area contributed by atoms with Crippen molar-refractivity contribution in [3.8, 4) is 16.2 Å². The molecule has 10 heteroatoms. The monoisotopic (exact) mass is 620 g/mol. The van der Waals surface area contributed by atoms with Crippen LogP contribution in [0.1, 0.15) is 39.5 Å². The van der Waals surface area contributed by atoms with Gasteiger partial charge < -0.3 is 14.0 Å². The van der Waals surface area contributed by atoms with Crippen LogP contribution in [0.2, 0.25) is 0 Å². The lowest BCUT2D eigenvalue weighted by atomic mass is 10.0. The number of pyridine rings is 1. The van der Waals surface area contributed by atoms with Gasteiger partial charge in [-0.15, -0.1) is 11.3 Å². The molecule has 0 fully saturated rings. The molecular formula is C34H31F3N2O4S. The number of fused-ring (bicyclic) bond motifs is 1. The lowest BCUT2D eigenvalue weighted by molar-refractivity contribution is -0.138. The lowest BCUT2D eigenvalue weighted by Crippen LogP contribution is -2.23. The number of methoxy groups -OCH3 is 1. The largest absolute Gasteiger partial charge is 0.497 e. The van der Waals surface area contributed by atoms with E-state index in [0.717, 1.165) is 22.1 Å². The Bertz CT molecular complexity index is 1830. The number of alkyl halides is 3. The molecule has 0 N–H and O–H groups in total. The highest BCUT2D eigenvalue weighted by Gasteiger charge is 2.33. The van der Waals surface area contributed by atoms with Gasteiger partial charge in [0, 0.05) is 30.7 Å². The minimum Gasteiger partial charge on any atom is -0.497 e. The average Bonchev–Trinajstić information content (AvgIpc) is 3.38. The van der Waals surface area contributed by atoms with Crippen LogP contribution in [0, 0.1) is 0 Å². The fourth-order valence-corrected chi connectivity index (χ4v) is 6.52. The third-order valence-corrected chi connectivity index (χ3v) is 8.56. The van der Waals surface area contributed by atoms with E-state index in [1.54, 1.807) is 18.6 Å². The summed E-state index contributed by atoms with van der Waals surface area (Å²) in [6.45, 7) is 2.40. The van der Waals surface area contributed by atoms with Crippen LogP contribution in [0.3, 0.4) is 0 Å². The molecule has 0 radical (unpaired) electrons. The lowest BCUT2D eigenvalue weighted by Gasteiger charge is -2.18. The summed E-state index contributed by atoms with van der Waals surface area (Å²) in [5.74, 6) is -0.163. The quantitative estimate of drug-likeness (QED) is 0.150. The maximum Gasteiger partial charge on any atom is 0.416 e. The van der Waals surface area contributed by atoms with Gasteiger partial charge in [-0.2, -0.15) is 13.2 Å². The summed E-state index contributed by atoms with van der Waals surface area (Å²) in [6.07, 6.45) is -3.25. The van der Waals surface area contributed by atoms with Crippen molar-refractivity contribution in [2.75, 3.05) is 20.8 Å². The van der Waals surface area contributed by atoms with Gasteiger partial charge in [-0.05, 0) is 66.6 Å². The topological polar surface area (TPSA) is 60.8 Å². The molecule has 2 aromatic heterocycles. The van der Waals surface area contributed by atoms with Crippen LogP contribution in [0.15, 0.2) is 89.9 Å². The molecule has 0 unspecified atom stereocenters. The molecule has 0 aliphatic heterocycles. The van der Waals surface area contributed by atoms with Crippen molar-refractivity contribution in [1.29, 1.82) is 0 Å². The molecule has 2 heterocycles. The number of hydrogen-bond donors (Lipinski definition) is 0. The standard InChI is InChI=1S/C34H31F3N2O4S/c1-4-43-33(41)27-21-39(19-24-12-8-9-13-28(24)34(35,36)37)32-29(30(27)40)26(20-38(2)18-22-10-6-5-7-11-22)31(44-32)23-14-16-25(42-3)17-15-23/h5-17,21H,4,18-20H2,1-3H3. The second-order valence-electron chi connectivity index (χ2n) is 10.4. The summed E-state index contributed by atoms with van der Waals surface area (Å²) in [5.41, 5.74) is 1.07. The van der Waals surface area contributed by atoms with E-state index < -0.39 is 23.1 Å². The number of esters is 1. The number of ether oxygens (including phenoxy) is 2. The predicted molar refractivity (Wildman–Crippen MR) is 166 cm³/mol. The molecule has 0 saturated heterocycles. The van der Waals surface area contributed by atoms with E-state index >= 15 is 0 Å². The van der Waals surface area contributed by atoms with Gasteiger partial charge in [0.05, 0.1) is 24.7 Å². The number of thiophene rings is 1. The molecule has 228 valence electrons. The van der Waals surface area contributed by atoms with E-state index in [1.165, 1.54) is 35.7 Å². The highest BCUT2D eigenvalue weighted by Crippen LogP contribution is 2.40. The number of rotatable bonds is 10. The second kappa shape index (κ2) is 13.1. The van der Waals surface area contributed by atoms with E-state index in [1.807, 2.05) is 61.6 Å². The first-order valence-electron chi connectivity index (χ1n) is 14.0. The number of halogens is 3. The Labute approximate surface area is 256 Å². The first-order valence-corrected chi connectivity index (χ1v) is 14.8. The van der Waals surface area contributed by atoms with Crippen LogP contribution in [0.5, 0.6) is 5.75 Å². The first-order chi connectivity index (χ1) is 21.1. The van der Waals surface area contributed by atoms with Crippen LogP contribution < -0.4 is 10.2 Å². The molecule has 44 heavy (non-hydrogen) atoms. The van der Waals surface area contributed by atoms with Crippen molar-refractivity contribution in [2.45, 2.75) is 32.7 Å². The number of carbonyl (C=O) groups excluding carboxylic acids is 1. The maximum absolute atomic E-state index is 14.1. The maximum atomic E-state index is 14.1. The van der Waals surface area contributed by atoms with Crippen molar-refractivity contribution >= 4 is 27.5 Å². The molecule has 5 aromatic rings. The van der Waals surface area contributed by atoms with Gasteiger partial charge in [0.1, 0.15) is 16.1 Å². The van der Waals surface area contributed by atoms with E-state index in [-0.39, 0.29) is 29.7 Å². The summed E-state index contributed by atoms with van der Waals surface area (Å²) < 4.78 is 54.0. The van der Waals surface area contributed by atoms with E-state index in [4.69, 9.17) is 9.47 Å². The molecule has 0 bridgehead atoms. The van der Waals surface area contributed by atoms with Gasteiger partial charge in [0.15, 0.2) is 0 Å². The molecule has 3 aromatic carbocycles. The number of hydrogen-bond acceptors (Lipinski definition) is 6. The van der Waals surface area contributed by atoms with Crippen molar-refractivity contribution in [2.24, 2.45) is 0 Å². The summed E-state index contributed by atoms with van der Waals surface area (Å²) in [6, 6.07) is 22.6. The zero-order chi connectivity index (χ0) is 31.4. The van der Waals surface area contributed by atoms with Gasteiger partial charge in [0.2, 0.25) is 5.43 Å². The summed E-state index contributed by atoms with van der Waals surface area (Å²) >= 11 is 1.31. The summed E-state index contributed by atoms with van der Waals surface area (Å²) in [7, 11) is 3.50. The Balaban J connectivity index is 1.74. The average molecular weight is 621 g/mol. The van der Waals surface area contributed by atoms with Gasteiger partial charge in [-0.1, -0.05) is 48.5 Å². The van der Waals surface area contributed by atoms with Crippen molar-refractivity contribution in [3.05, 3.63) is 123 Å². The van der Waals surface area contributed by atoms with Gasteiger partial charge in [-0.25, -0.2) is 4.79 Å². The Morgan fingerprint density at radius 3 is 2.30 bits per heavy atom. The Hall–Kier alpha value is -4.41. The van der Waals surface area contributed by atoms with Crippen molar-refractivity contribution in [3.63, 3.8) is 0 Å². The van der Waals surface area contributed by atoms with Crippen LogP contribution in [0.25, 0.3) is 20.7 Å². The number of benzene rings is 3. The molecule has 0 saturated carbocycles. The summed E-state index contributed by atoms with van der Waals surface area (Å²) in [5, 5.41) is 0.288. The fraction of sp³-hybridized carbons (Fsp3) is 0.235. The van der Waals surface area contributed by atoms with Crippen LogP contribution >= 0.6 is 11.3 Å². The SMILES string of the molecule is CCOC(=O)c1cn(Cc2ccccc2C(F)(F)F)c2sc(-c3ccc(OC)cc3)c(CN(C)Cc3ccccc3)c2c1=O. The van der Waals surface area contributed by atoms with Gasteiger partial charge in [-0.3, -0.25) is 9.69 Å². The van der Waals surface area contributed by atoms with Crippen LogP contribution in [0.4, 0.5) is 13.2 Å². The van der Waals surface area contributed by atoms with E-state index in [2.05, 4.69) is 4.90 Å². The summed E-state index contributed by atoms with van der Waals surface area (Å²) in [4.78, 5) is 30.4. The second-order valence-corrected chi connectivity index (χ2v) is 11.4. The zero-order valence-electron chi connectivity index (χ0n) is 24.5. The number of nitrogens with zero attached hydrogens (tertiary/aromatic N) is 2. The minimum absolute atomic E-state index is 0.0156. The normalized spacial score (nSPS) is 11.7. The Morgan fingerprint density at radius 1 is 0.955 bits per heavy atom. The molecule has 0 atom stereocenters. The molecule has 0 spiro atoms. The number of carbonyl (C=O) groups is 1. The van der Waals surface area contributed by atoms with Gasteiger partial charge in [0.25, 0.3) is 0 Å². The molecule has 0 aliphatic rings. The first kappa shape index (κ1) is 31.0. The zero-order valence-corrected chi connectivity index (χ0v) is 25.3. The van der Waals surface area contributed by atoms with Gasteiger partial charge >= 0.3 is 12.1 Å². The molecular weight excluding hydrogens is 589 g/mol. The van der Waals surface area contributed by atoms with Crippen molar-refractivity contribution < 1.29 is 27.4 Å². The molecule has 0 amide bonds. The highest BCUT2D eigenvalue weighted by molar-refractivity contribution is 7.22. The Kier molecular flexibility index (Phi) is 9.22. The smallest absolute Gasteiger partial charge is 0.416 e. The molecule has 5 rings (SSSR count). The van der Waals surface area contributed by atoms with Crippen LogP contribution in [-0.4, -0.2) is 36.2 Å². The minimum atomic E-state index is -4.58. The predicted octanol–water partition coefficient (Wildman–Crippen LogP) is 7.61. The van der Waals surface area contributed by atoms with Crippen molar-refractivity contribution in [1.82, 2.24) is 9.47 Å². The van der Waals surface area contributed by atoms with E-state index in [0.29, 0.717) is 29.2 Å². The van der Waals surface area contributed by atoms with E-state index in [9.17, 15) is 22.8 Å². The third kappa shape index (κ3) is 6.56. The fourth-order valence-electron chi connectivity index (χ4n) is 5.23. The molecule has 0 aliphatic carbocycles. The Morgan fingerprint density at radius 2 is 1.64 bits per heavy atom. The third-order valence-electron chi connectivity index (χ3n) is 7.24. The molecule has 6 nitrogen and oxygen atoms in total. The highest BCUT2D eigenvalue weighted by atomic mass is 32.1.